The van der Waals surface area contributed by atoms with Crippen molar-refractivity contribution in [1.82, 2.24) is 10.2 Å². The first kappa shape index (κ1) is 31.3. The third kappa shape index (κ3) is 7.68. The van der Waals surface area contributed by atoms with E-state index < -0.39 is 28.5 Å². The molecule has 0 spiro atoms. The molecule has 3 rings (SSSR count). The number of methoxy groups -OCH3 is 1. The van der Waals surface area contributed by atoms with Crippen LogP contribution in [0.1, 0.15) is 31.9 Å². The highest BCUT2D eigenvalue weighted by Gasteiger charge is 2.33. The minimum absolute atomic E-state index is 0.0274. The lowest BCUT2D eigenvalue weighted by molar-refractivity contribution is -0.139. The predicted molar refractivity (Wildman–Crippen MR) is 158 cm³/mol. The van der Waals surface area contributed by atoms with Crippen LogP contribution in [0.25, 0.3) is 0 Å². The maximum atomic E-state index is 13.9. The number of ether oxygens (including phenoxy) is 1. The Morgan fingerprint density at radius 2 is 1.57 bits per heavy atom. The molecule has 0 radical (unpaired) electrons. The number of hydrogen-bond acceptors (Lipinski definition) is 5. The summed E-state index contributed by atoms with van der Waals surface area (Å²) in [4.78, 5) is 28.3. The maximum Gasteiger partial charge on any atom is 0.264 e. The first-order valence-corrected chi connectivity index (χ1v) is 14.8. The highest BCUT2D eigenvalue weighted by molar-refractivity contribution is 7.92. The van der Waals surface area contributed by atoms with Gasteiger partial charge >= 0.3 is 0 Å². The predicted octanol–water partition coefficient (Wildman–Crippen LogP) is 5.45. The van der Waals surface area contributed by atoms with Crippen molar-refractivity contribution >= 4 is 50.7 Å². The molecule has 3 aromatic carbocycles. The number of hydrogen-bond donors (Lipinski definition) is 1. The number of rotatable bonds is 11. The topological polar surface area (TPSA) is 96.0 Å². The third-order valence-corrected chi connectivity index (χ3v) is 8.58. The van der Waals surface area contributed by atoms with Crippen molar-refractivity contribution in [2.45, 2.75) is 51.2 Å². The molecule has 0 saturated carbocycles. The number of anilines is 1. The van der Waals surface area contributed by atoms with Gasteiger partial charge in [0.2, 0.25) is 11.8 Å². The summed E-state index contributed by atoms with van der Waals surface area (Å²) < 4.78 is 34.0. The lowest BCUT2D eigenvalue weighted by Crippen LogP contribution is -2.52. The molecular weight excluding hydrogens is 573 g/mol. The minimum Gasteiger partial charge on any atom is -0.497 e. The first-order chi connectivity index (χ1) is 18.8. The Morgan fingerprint density at radius 3 is 2.12 bits per heavy atom. The zero-order valence-electron chi connectivity index (χ0n) is 23.0. The van der Waals surface area contributed by atoms with Gasteiger partial charge in [0, 0.05) is 22.6 Å². The summed E-state index contributed by atoms with van der Waals surface area (Å²) >= 11 is 12.5. The van der Waals surface area contributed by atoms with E-state index in [2.05, 4.69) is 5.32 Å². The second kappa shape index (κ2) is 13.4. The van der Waals surface area contributed by atoms with Gasteiger partial charge in [-0.2, -0.15) is 0 Å². The second-order valence-corrected chi connectivity index (χ2v) is 12.3. The Kier molecular flexibility index (Phi) is 10.5. The Bertz CT molecular complexity index is 1450. The van der Waals surface area contributed by atoms with E-state index in [1.54, 1.807) is 61.5 Å². The van der Waals surface area contributed by atoms with E-state index in [0.717, 1.165) is 9.87 Å². The zero-order chi connectivity index (χ0) is 29.6. The summed E-state index contributed by atoms with van der Waals surface area (Å²) in [6.07, 6.45) is 0. The zero-order valence-corrected chi connectivity index (χ0v) is 25.3. The lowest BCUT2D eigenvalue weighted by Gasteiger charge is -2.32. The number of carbonyl (C=O) groups excluding carboxylic acids is 2. The fourth-order valence-electron chi connectivity index (χ4n) is 3.94. The van der Waals surface area contributed by atoms with Crippen LogP contribution < -0.4 is 14.4 Å². The van der Waals surface area contributed by atoms with Gasteiger partial charge in [0.05, 0.1) is 17.7 Å². The van der Waals surface area contributed by atoms with Crippen LogP contribution in [0, 0.1) is 6.92 Å². The molecule has 2 amide bonds. The molecule has 1 N–H and O–H groups in total. The number of nitrogens with one attached hydrogen (secondary N) is 1. The van der Waals surface area contributed by atoms with Crippen LogP contribution in [0.4, 0.5) is 5.69 Å². The molecule has 0 fully saturated rings. The molecule has 214 valence electrons. The summed E-state index contributed by atoms with van der Waals surface area (Å²) in [5.41, 5.74) is 1.71. The maximum absolute atomic E-state index is 13.9. The molecule has 11 heteroatoms. The van der Waals surface area contributed by atoms with E-state index in [4.69, 9.17) is 27.9 Å². The van der Waals surface area contributed by atoms with Crippen LogP contribution in [-0.2, 0) is 26.2 Å². The van der Waals surface area contributed by atoms with E-state index >= 15 is 0 Å². The largest absolute Gasteiger partial charge is 0.497 e. The number of aryl methyl sites for hydroxylation is 1. The molecule has 3 aromatic rings. The highest BCUT2D eigenvalue weighted by atomic mass is 35.5. The summed E-state index contributed by atoms with van der Waals surface area (Å²) in [6.45, 7) is 6.46. The van der Waals surface area contributed by atoms with Crippen LogP contribution in [0.2, 0.25) is 10.0 Å². The fourth-order valence-corrected chi connectivity index (χ4v) is 5.82. The average molecular weight is 607 g/mol. The normalized spacial score (nSPS) is 12.1. The Hall–Kier alpha value is -3.27. The van der Waals surface area contributed by atoms with Crippen molar-refractivity contribution in [2.75, 3.05) is 18.0 Å². The minimum atomic E-state index is -4.17. The molecule has 0 heterocycles. The number of benzene rings is 3. The van der Waals surface area contributed by atoms with Crippen molar-refractivity contribution in [1.29, 1.82) is 0 Å². The summed E-state index contributed by atoms with van der Waals surface area (Å²) in [5, 5.41) is 3.56. The molecule has 0 saturated heterocycles. The van der Waals surface area contributed by atoms with Crippen LogP contribution in [0.3, 0.4) is 0 Å². The van der Waals surface area contributed by atoms with Gasteiger partial charge in [-0.1, -0.05) is 47.0 Å². The van der Waals surface area contributed by atoms with Crippen LogP contribution in [-0.4, -0.2) is 50.9 Å². The van der Waals surface area contributed by atoms with Gasteiger partial charge in [-0.05, 0) is 81.8 Å². The number of carbonyl (C=O) groups is 2. The molecule has 1 unspecified atom stereocenters. The number of sulfonamides is 1. The van der Waals surface area contributed by atoms with Crippen LogP contribution >= 0.6 is 23.2 Å². The smallest absolute Gasteiger partial charge is 0.264 e. The van der Waals surface area contributed by atoms with Gasteiger partial charge in [0.1, 0.15) is 18.3 Å². The van der Waals surface area contributed by atoms with E-state index in [-0.39, 0.29) is 29.1 Å². The molecule has 0 aromatic heterocycles. The van der Waals surface area contributed by atoms with Crippen molar-refractivity contribution in [3.63, 3.8) is 0 Å². The molecule has 0 aliphatic heterocycles. The summed E-state index contributed by atoms with van der Waals surface area (Å²) in [6, 6.07) is 16.5. The SMILES string of the molecule is COc1ccc(N(CC(=O)N(Cc2ccc(Cl)cc2Cl)C(C)C(=O)NC(C)C)S(=O)(=O)c2ccc(C)cc2)cc1. The molecule has 0 aliphatic rings. The first-order valence-electron chi connectivity index (χ1n) is 12.6. The second-order valence-electron chi connectivity index (χ2n) is 9.62. The summed E-state index contributed by atoms with van der Waals surface area (Å²) in [7, 11) is -2.67. The summed E-state index contributed by atoms with van der Waals surface area (Å²) in [5.74, 6) is -0.449. The van der Waals surface area contributed by atoms with Gasteiger partial charge in [-0.15, -0.1) is 0 Å². The van der Waals surface area contributed by atoms with Crippen LogP contribution in [0.5, 0.6) is 5.75 Å². The van der Waals surface area contributed by atoms with Crippen molar-refractivity contribution in [3.05, 3.63) is 87.9 Å². The standard InChI is InChI=1S/C29H33Cl2N3O5S/c1-19(2)32-29(36)21(4)33(17-22-8-9-23(30)16-27(22)31)28(35)18-34(24-10-12-25(39-5)13-11-24)40(37,38)26-14-6-20(3)7-15-26/h6-16,19,21H,17-18H2,1-5H3,(H,32,36). The Labute approximate surface area is 245 Å². The van der Waals surface area contributed by atoms with Gasteiger partial charge in [0.25, 0.3) is 10.0 Å². The highest BCUT2D eigenvalue weighted by Crippen LogP contribution is 2.28. The monoisotopic (exact) mass is 605 g/mol. The molecule has 40 heavy (non-hydrogen) atoms. The van der Waals surface area contributed by atoms with E-state index in [9.17, 15) is 18.0 Å². The fraction of sp³-hybridized carbons (Fsp3) is 0.310. The van der Waals surface area contributed by atoms with Gasteiger partial charge < -0.3 is 15.0 Å². The van der Waals surface area contributed by atoms with Gasteiger partial charge in [-0.25, -0.2) is 8.42 Å². The van der Waals surface area contributed by atoms with Crippen molar-refractivity contribution in [2.24, 2.45) is 0 Å². The molecule has 8 nitrogen and oxygen atoms in total. The van der Waals surface area contributed by atoms with E-state index in [0.29, 0.717) is 21.4 Å². The molecule has 0 aliphatic carbocycles. The lowest BCUT2D eigenvalue weighted by atomic mass is 10.1. The molecule has 1 atom stereocenters. The quantitative estimate of drug-likeness (QED) is 0.313. The third-order valence-electron chi connectivity index (χ3n) is 6.20. The number of amides is 2. The molecular formula is C29H33Cl2N3O5S. The van der Waals surface area contributed by atoms with Crippen LogP contribution in [0.15, 0.2) is 71.6 Å². The number of nitrogens with zero attached hydrogens (tertiary/aromatic N) is 2. The Balaban J connectivity index is 2.05. The Morgan fingerprint density at radius 1 is 0.950 bits per heavy atom. The van der Waals surface area contributed by atoms with Gasteiger partial charge in [-0.3, -0.25) is 13.9 Å². The number of halogens is 2. The van der Waals surface area contributed by atoms with E-state index in [1.165, 1.54) is 24.1 Å². The van der Waals surface area contributed by atoms with Crippen molar-refractivity contribution < 1.29 is 22.7 Å². The van der Waals surface area contributed by atoms with Gasteiger partial charge in [0.15, 0.2) is 0 Å². The molecule has 0 bridgehead atoms. The average Bonchev–Trinajstić information content (AvgIpc) is 2.90. The van der Waals surface area contributed by atoms with E-state index in [1.807, 2.05) is 20.8 Å². The van der Waals surface area contributed by atoms with Crippen molar-refractivity contribution in [3.8, 4) is 5.75 Å².